The molecule has 2 N–H and O–H groups in total. The standard InChI is InChI=1S/C20H37N5O2S/c1-14(2)17(24-19(26)27-20(4,5)6)10-12-25(8)18(21-7)22-11-9-16-13-28-15(3)23-16/h13-14,17H,9-12H2,1-8H3,(H,21,22)(H,24,26). The molecule has 1 atom stereocenters. The molecule has 1 aromatic heterocycles. The van der Waals surface area contributed by atoms with Crippen LogP contribution in [0.25, 0.3) is 0 Å². The van der Waals surface area contributed by atoms with E-state index in [0.29, 0.717) is 5.92 Å². The van der Waals surface area contributed by atoms with Crippen molar-refractivity contribution < 1.29 is 9.53 Å². The first kappa shape index (κ1) is 24.2. The maximum absolute atomic E-state index is 12.1. The van der Waals surface area contributed by atoms with E-state index >= 15 is 0 Å². The van der Waals surface area contributed by atoms with Crippen molar-refractivity contribution in [3.63, 3.8) is 0 Å². The summed E-state index contributed by atoms with van der Waals surface area (Å²) in [5.41, 5.74) is 0.610. The van der Waals surface area contributed by atoms with Crippen LogP contribution >= 0.6 is 11.3 Å². The highest BCUT2D eigenvalue weighted by molar-refractivity contribution is 7.09. The number of rotatable bonds is 8. The molecule has 0 radical (unpaired) electrons. The van der Waals surface area contributed by atoms with Crippen molar-refractivity contribution in [1.29, 1.82) is 0 Å². The van der Waals surface area contributed by atoms with Gasteiger partial charge in [-0.15, -0.1) is 11.3 Å². The molecule has 0 aliphatic heterocycles. The summed E-state index contributed by atoms with van der Waals surface area (Å²) in [6.07, 6.45) is 1.31. The second-order valence-electron chi connectivity index (χ2n) is 8.29. The fraction of sp³-hybridized carbons (Fsp3) is 0.750. The van der Waals surface area contributed by atoms with Crippen molar-refractivity contribution in [3.8, 4) is 0 Å². The Labute approximate surface area is 174 Å². The Kier molecular flexibility index (Phi) is 9.72. The lowest BCUT2D eigenvalue weighted by Gasteiger charge is -2.28. The van der Waals surface area contributed by atoms with E-state index in [0.717, 1.165) is 42.6 Å². The van der Waals surface area contributed by atoms with Gasteiger partial charge in [-0.25, -0.2) is 9.78 Å². The van der Waals surface area contributed by atoms with Gasteiger partial charge in [-0.1, -0.05) is 13.8 Å². The van der Waals surface area contributed by atoms with Gasteiger partial charge in [0.05, 0.1) is 10.7 Å². The average molecular weight is 412 g/mol. The summed E-state index contributed by atoms with van der Waals surface area (Å²) in [6, 6.07) is 0.0355. The number of alkyl carbamates (subject to hydrolysis) is 1. The van der Waals surface area contributed by atoms with Crippen LogP contribution in [0.5, 0.6) is 0 Å². The van der Waals surface area contributed by atoms with Crippen molar-refractivity contribution >= 4 is 23.4 Å². The lowest BCUT2D eigenvalue weighted by Crippen LogP contribution is -2.45. The average Bonchev–Trinajstić information content (AvgIpc) is 2.98. The molecule has 1 rings (SSSR count). The Morgan fingerprint density at radius 2 is 2.07 bits per heavy atom. The highest BCUT2D eigenvalue weighted by Gasteiger charge is 2.22. The number of aliphatic imine (C=N–C) groups is 1. The third kappa shape index (κ3) is 9.39. The molecule has 0 aromatic carbocycles. The first-order valence-corrected chi connectivity index (χ1v) is 10.7. The normalized spacial score (nSPS) is 13.4. The molecule has 1 heterocycles. The summed E-state index contributed by atoms with van der Waals surface area (Å²) in [6.45, 7) is 13.4. The number of aryl methyl sites for hydroxylation is 1. The number of nitrogens with one attached hydrogen (secondary N) is 2. The molecule has 0 saturated heterocycles. The van der Waals surface area contributed by atoms with Crippen LogP contribution in [0.15, 0.2) is 10.4 Å². The molecule has 0 aliphatic carbocycles. The Hall–Kier alpha value is -1.83. The van der Waals surface area contributed by atoms with Crippen molar-refractivity contribution in [3.05, 3.63) is 16.1 Å². The van der Waals surface area contributed by atoms with E-state index < -0.39 is 5.60 Å². The molecule has 0 aliphatic rings. The Bertz CT molecular complexity index is 637. The van der Waals surface area contributed by atoms with Crippen LogP contribution in [-0.4, -0.2) is 60.8 Å². The molecule has 1 unspecified atom stereocenters. The monoisotopic (exact) mass is 411 g/mol. The number of aromatic nitrogens is 1. The van der Waals surface area contributed by atoms with Crippen LogP contribution in [0.3, 0.4) is 0 Å². The number of nitrogens with zero attached hydrogens (tertiary/aromatic N) is 3. The second-order valence-corrected chi connectivity index (χ2v) is 9.35. The van der Waals surface area contributed by atoms with Gasteiger partial charge in [0.2, 0.25) is 0 Å². The predicted molar refractivity (Wildman–Crippen MR) is 117 cm³/mol. The number of hydrogen-bond donors (Lipinski definition) is 2. The van der Waals surface area contributed by atoms with Gasteiger partial charge in [0, 0.05) is 45.0 Å². The molecule has 28 heavy (non-hydrogen) atoms. The van der Waals surface area contributed by atoms with E-state index in [4.69, 9.17) is 4.74 Å². The van der Waals surface area contributed by atoms with E-state index in [1.54, 1.807) is 18.4 Å². The van der Waals surface area contributed by atoms with Crippen molar-refractivity contribution in [2.75, 3.05) is 27.2 Å². The number of hydrogen-bond acceptors (Lipinski definition) is 5. The van der Waals surface area contributed by atoms with Crippen molar-refractivity contribution in [2.24, 2.45) is 10.9 Å². The summed E-state index contributed by atoms with van der Waals surface area (Å²) in [5, 5.41) is 9.57. The molecule has 0 bridgehead atoms. The molecular weight excluding hydrogens is 374 g/mol. The summed E-state index contributed by atoms with van der Waals surface area (Å²) >= 11 is 1.67. The van der Waals surface area contributed by atoms with E-state index in [1.807, 2.05) is 34.7 Å². The minimum atomic E-state index is -0.496. The molecule has 0 spiro atoms. The zero-order chi connectivity index (χ0) is 21.3. The molecule has 0 saturated carbocycles. The Balaban J connectivity index is 2.47. The van der Waals surface area contributed by atoms with Gasteiger partial charge in [-0.05, 0) is 40.0 Å². The minimum absolute atomic E-state index is 0.0355. The van der Waals surface area contributed by atoms with Crippen LogP contribution in [-0.2, 0) is 11.2 Å². The fourth-order valence-electron chi connectivity index (χ4n) is 2.68. The minimum Gasteiger partial charge on any atom is -0.444 e. The molecule has 7 nitrogen and oxygen atoms in total. The quantitative estimate of drug-likeness (QED) is 0.506. The zero-order valence-electron chi connectivity index (χ0n) is 18.6. The lowest BCUT2D eigenvalue weighted by molar-refractivity contribution is 0.0486. The van der Waals surface area contributed by atoms with E-state index in [2.05, 4.69) is 44.7 Å². The lowest BCUT2D eigenvalue weighted by atomic mass is 10.0. The summed E-state index contributed by atoms with van der Waals surface area (Å²) in [5.74, 6) is 1.15. The van der Waals surface area contributed by atoms with Crippen LogP contribution in [0, 0.1) is 12.8 Å². The van der Waals surface area contributed by atoms with E-state index in [9.17, 15) is 4.79 Å². The Morgan fingerprint density at radius 1 is 1.39 bits per heavy atom. The van der Waals surface area contributed by atoms with Gasteiger partial charge in [-0.2, -0.15) is 0 Å². The first-order valence-electron chi connectivity index (χ1n) is 9.84. The van der Waals surface area contributed by atoms with Gasteiger partial charge < -0.3 is 20.3 Å². The molecule has 8 heteroatoms. The predicted octanol–water partition coefficient (Wildman–Crippen LogP) is 3.44. The SMILES string of the molecule is CN=C(NCCc1csc(C)n1)N(C)CCC(NC(=O)OC(C)(C)C)C(C)C. The van der Waals surface area contributed by atoms with Gasteiger partial charge in [0.15, 0.2) is 5.96 Å². The van der Waals surface area contributed by atoms with Crippen molar-refractivity contribution in [1.82, 2.24) is 20.5 Å². The molecule has 0 fully saturated rings. The fourth-order valence-corrected chi connectivity index (χ4v) is 3.33. The maximum Gasteiger partial charge on any atom is 0.407 e. The molecular formula is C20H37N5O2S. The molecule has 1 aromatic rings. The van der Waals surface area contributed by atoms with Crippen LogP contribution in [0.1, 0.15) is 51.7 Å². The third-order valence-electron chi connectivity index (χ3n) is 4.19. The van der Waals surface area contributed by atoms with E-state index in [1.165, 1.54) is 0 Å². The second kappa shape index (κ2) is 11.2. The Morgan fingerprint density at radius 3 is 2.57 bits per heavy atom. The maximum atomic E-state index is 12.1. The number of guanidine groups is 1. The summed E-state index contributed by atoms with van der Waals surface area (Å²) in [4.78, 5) is 23.0. The van der Waals surface area contributed by atoms with Gasteiger partial charge in [0.25, 0.3) is 0 Å². The smallest absolute Gasteiger partial charge is 0.407 e. The van der Waals surface area contributed by atoms with E-state index in [-0.39, 0.29) is 12.1 Å². The number of thiazole rings is 1. The topological polar surface area (TPSA) is 78.9 Å². The largest absolute Gasteiger partial charge is 0.444 e. The van der Waals surface area contributed by atoms with Gasteiger partial charge in [-0.3, -0.25) is 4.99 Å². The van der Waals surface area contributed by atoms with Gasteiger partial charge in [0.1, 0.15) is 5.60 Å². The number of ether oxygens (including phenoxy) is 1. The van der Waals surface area contributed by atoms with Crippen LogP contribution in [0.4, 0.5) is 4.79 Å². The summed E-state index contributed by atoms with van der Waals surface area (Å²) in [7, 11) is 3.79. The summed E-state index contributed by atoms with van der Waals surface area (Å²) < 4.78 is 5.39. The third-order valence-corrected chi connectivity index (χ3v) is 5.01. The van der Waals surface area contributed by atoms with Crippen LogP contribution < -0.4 is 10.6 Å². The van der Waals surface area contributed by atoms with Crippen LogP contribution in [0.2, 0.25) is 0 Å². The highest BCUT2D eigenvalue weighted by Crippen LogP contribution is 2.11. The number of amides is 1. The molecule has 160 valence electrons. The highest BCUT2D eigenvalue weighted by atomic mass is 32.1. The number of carbonyl (C=O) groups is 1. The first-order chi connectivity index (χ1) is 13.0. The van der Waals surface area contributed by atoms with Crippen molar-refractivity contribution in [2.45, 2.75) is 66.0 Å². The molecule has 1 amide bonds. The zero-order valence-corrected chi connectivity index (χ0v) is 19.4. The number of carbonyl (C=O) groups excluding carboxylic acids is 1. The van der Waals surface area contributed by atoms with Gasteiger partial charge >= 0.3 is 6.09 Å².